The summed E-state index contributed by atoms with van der Waals surface area (Å²) in [6.07, 6.45) is 9.92. The van der Waals surface area contributed by atoms with E-state index in [1.807, 2.05) is 6.92 Å². The van der Waals surface area contributed by atoms with E-state index in [0.29, 0.717) is 11.2 Å². The molecular formula is C27H29IO4. The van der Waals surface area contributed by atoms with E-state index in [1.165, 1.54) is 44.1 Å². The Morgan fingerprint density at radius 3 is 2.19 bits per heavy atom. The molecule has 0 heterocycles. The molecule has 0 aromatic heterocycles. The van der Waals surface area contributed by atoms with Gasteiger partial charge in [0.25, 0.3) is 0 Å². The fraction of sp³-hybridized carbons (Fsp3) is 0.444. The summed E-state index contributed by atoms with van der Waals surface area (Å²) in [5.74, 6) is 3.25. The van der Waals surface area contributed by atoms with Crippen LogP contribution in [-0.2, 0) is 5.41 Å². The van der Waals surface area contributed by atoms with Gasteiger partial charge in [-0.25, -0.2) is 4.79 Å². The van der Waals surface area contributed by atoms with Gasteiger partial charge in [0.2, 0.25) is 0 Å². The molecule has 0 saturated heterocycles. The Labute approximate surface area is 203 Å². The fourth-order valence-electron chi connectivity index (χ4n) is 6.76. The van der Waals surface area contributed by atoms with Gasteiger partial charge in [-0.2, -0.15) is 0 Å². The zero-order valence-electron chi connectivity index (χ0n) is 18.6. The van der Waals surface area contributed by atoms with E-state index in [4.69, 9.17) is 9.47 Å². The van der Waals surface area contributed by atoms with Gasteiger partial charge < -0.3 is 14.6 Å². The number of ether oxygens (including phenoxy) is 2. The van der Waals surface area contributed by atoms with Crippen LogP contribution in [0.3, 0.4) is 0 Å². The number of carboxylic acids is 1. The van der Waals surface area contributed by atoms with Crippen LogP contribution in [0.25, 0.3) is 5.57 Å². The summed E-state index contributed by atoms with van der Waals surface area (Å²) in [6.45, 7) is 2.01. The van der Waals surface area contributed by atoms with E-state index in [-0.39, 0.29) is 5.56 Å². The van der Waals surface area contributed by atoms with Crippen LogP contribution in [0, 0.1) is 21.3 Å². The van der Waals surface area contributed by atoms with Gasteiger partial charge in [0.15, 0.2) is 0 Å². The minimum Gasteiger partial charge on any atom is -0.496 e. The molecule has 1 N–H and O–H groups in total. The zero-order chi connectivity index (χ0) is 22.5. The molecule has 4 saturated carbocycles. The van der Waals surface area contributed by atoms with E-state index >= 15 is 0 Å². The molecule has 5 heteroatoms. The van der Waals surface area contributed by atoms with Crippen LogP contribution in [-0.4, -0.2) is 18.2 Å². The molecule has 4 nitrogen and oxygen atoms in total. The van der Waals surface area contributed by atoms with Gasteiger partial charge in [0.1, 0.15) is 11.5 Å². The van der Waals surface area contributed by atoms with Crippen molar-refractivity contribution in [2.24, 2.45) is 17.8 Å². The molecule has 32 heavy (non-hydrogen) atoms. The number of rotatable bonds is 6. The molecule has 2 aromatic carbocycles. The Morgan fingerprint density at radius 2 is 1.59 bits per heavy atom. The van der Waals surface area contributed by atoms with Crippen molar-refractivity contribution < 1.29 is 19.4 Å². The number of hydrogen-bond acceptors (Lipinski definition) is 3. The lowest BCUT2D eigenvalue weighted by molar-refractivity contribution is -0.00615. The molecule has 4 bridgehead atoms. The van der Waals surface area contributed by atoms with E-state index in [1.54, 1.807) is 31.6 Å². The molecule has 0 atom stereocenters. The normalized spacial score (nSPS) is 28.6. The van der Waals surface area contributed by atoms with E-state index in [9.17, 15) is 9.90 Å². The third-order valence-electron chi connectivity index (χ3n) is 7.81. The number of halogens is 1. The minimum atomic E-state index is -0.961. The van der Waals surface area contributed by atoms with Crippen molar-refractivity contribution in [3.8, 4) is 11.5 Å². The summed E-state index contributed by atoms with van der Waals surface area (Å²) >= 11 is 2.15. The van der Waals surface area contributed by atoms with Gasteiger partial charge >= 0.3 is 5.97 Å². The maximum Gasteiger partial charge on any atom is 0.335 e. The smallest absolute Gasteiger partial charge is 0.335 e. The molecule has 4 aliphatic carbocycles. The molecule has 0 aliphatic heterocycles. The molecule has 0 spiro atoms. The average molecular weight is 544 g/mol. The molecule has 0 amide bonds. The lowest BCUT2D eigenvalue weighted by Crippen LogP contribution is -2.48. The molecule has 4 aliphatic rings. The highest BCUT2D eigenvalue weighted by Crippen LogP contribution is 2.61. The second-order valence-corrected chi connectivity index (χ2v) is 11.1. The fourth-order valence-corrected chi connectivity index (χ4v) is 7.22. The van der Waals surface area contributed by atoms with Crippen LogP contribution in [0.4, 0.5) is 0 Å². The summed E-state index contributed by atoms with van der Waals surface area (Å²) < 4.78 is 12.7. The van der Waals surface area contributed by atoms with Crippen molar-refractivity contribution in [1.29, 1.82) is 0 Å². The predicted molar refractivity (Wildman–Crippen MR) is 133 cm³/mol. The lowest BCUT2D eigenvalue weighted by atomic mass is 9.48. The highest BCUT2D eigenvalue weighted by atomic mass is 127. The van der Waals surface area contributed by atoms with Crippen LogP contribution in [0.5, 0.6) is 11.5 Å². The maximum absolute atomic E-state index is 11.3. The highest BCUT2D eigenvalue weighted by molar-refractivity contribution is 14.1. The van der Waals surface area contributed by atoms with Crippen LogP contribution in [0.2, 0.25) is 0 Å². The van der Waals surface area contributed by atoms with Crippen molar-refractivity contribution in [2.45, 2.75) is 50.9 Å². The Morgan fingerprint density at radius 1 is 1.00 bits per heavy atom. The summed E-state index contributed by atoms with van der Waals surface area (Å²) in [5, 5.41) is 9.24. The highest BCUT2D eigenvalue weighted by Gasteiger charge is 2.52. The van der Waals surface area contributed by atoms with Gasteiger partial charge in [0.05, 0.1) is 22.5 Å². The van der Waals surface area contributed by atoms with E-state index < -0.39 is 5.97 Å². The Bertz CT molecular complexity index is 1050. The number of carbonyl (C=O) groups is 1. The van der Waals surface area contributed by atoms with Gasteiger partial charge in [-0.1, -0.05) is 12.1 Å². The Balaban J connectivity index is 1.41. The third kappa shape index (κ3) is 3.93. The second-order valence-electron chi connectivity index (χ2n) is 9.98. The van der Waals surface area contributed by atoms with Gasteiger partial charge in [0, 0.05) is 5.56 Å². The standard InChI is InChI=1S/C27H29IO4/c1-16(15-32-25-11-21(26(29)30)4-6-23(25)28)20-3-5-22(24(10-20)31-2)27-12-17-7-18(13-27)9-19(8-17)14-27/h3-6,10-11,15,17-19H,7-9,12-14H2,1-2H3,(H,29,30)/b16-15+. The molecule has 6 rings (SSSR count). The lowest BCUT2D eigenvalue weighted by Gasteiger charge is -2.57. The van der Waals surface area contributed by atoms with Crippen molar-refractivity contribution in [3.63, 3.8) is 0 Å². The Hall–Kier alpha value is -2.02. The second kappa shape index (κ2) is 8.40. The number of hydrogen-bond donors (Lipinski definition) is 1. The molecular weight excluding hydrogens is 515 g/mol. The third-order valence-corrected chi connectivity index (χ3v) is 8.70. The summed E-state index contributed by atoms with van der Waals surface area (Å²) in [6, 6.07) is 11.5. The van der Waals surface area contributed by atoms with Gasteiger partial charge in [-0.3, -0.25) is 0 Å². The molecule has 0 radical (unpaired) electrons. The molecule has 4 fully saturated rings. The first-order chi connectivity index (χ1) is 15.4. The number of aromatic carboxylic acids is 1. The van der Waals surface area contributed by atoms with Crippen LogP contribution in [0.15, 0.2) is 42.7 Å². The monoisotopic (exact) mass is 544 g/mol. The zero-order valence-corrected chi connectivity index (χ0v) is 20.7. The van der Waals surface area contributed by atoms with Gasteiger partial charge in [-0.05, 0) is 127 Å². The Kier molecular flexibility index (Phi) is 5.72. The first-order valence-electron chi connectivity index (χ1n) is 11.4. The molecule has 0 unspecified atom stereocenters. The van der Waals surface area contributed by atoms with Crippen LogP contribution < -0.4 is 9.47 Å². The summed E-state index contributed by atoms with van der Waals surface area (Å²) in [4.78, 5) is 11.3. The van der Waals surface area contributed by atoms with Crippen molar-refractivity contribution in [1.82, 2.24) is 0 Å². The van der Waals surface area contributed by atoms with Gasteiger partial charge in [-0.15, -0.1) is 0 Å². The number of carboxylic acid groups (broad SMARTS) is 1. The van der Waals surface area contributed by atoms with Crippen LogP contribution >= 0.6 is 22.6 Å². The topological polar surface area (TPSA) is 55.8 Å². The summed E-state index contributed by atoms with van der Waals surface area (Å²) in [5.41, 5.74) is 3.92. The van der Waals surface area contributed by atoms with E-state index in [0.717, 1.165) is 38.2 Å². The van der Waals surface area contributed by atoms with Crippen molar-refractivity contribution in [2.75, 3.05) is 7.11 Å². The number of methoxy groups -OCH3 is 1. The SMILES string of the molecule is COc1cc(/C(C)=C/Oc2cc(C(=O)O)ccc2I)ccc1C12CC3CC(CC(C3)C1)C2. The number of benzene rings is 2. The minimum absolute atomic E-state index is 0.216. The van der Waals surface area contributed by atoms with Crippen molar-refractivity contribution in [3.05, 3.63) is 62.9 Å². The quantitative estimate of drug-likeness (QED) is 0.318. The summed E-state index contributed by atoms with van der Waals surface area (Å²) in [7, 11) is 1.78. The van der Waals surface area contributed by atoms with Crippen molar-refractivity contribution >= 4 is 34.1 Å². The molecule has 2 aromatic rings. The van der Waals surface area contributed by atoms with E-state index in [2.05, 4.69) is 40.8 Å². The predicted octanol–water partition coefficient (Wildman–Crippen LogP) is 6.91. The first-order valence-corrected chi connectivity index (χ1v) is 12.5. The largest absolute Gasteiger partial charge is 0.496 e. The number of allylic oxidation sites excluding steroid dienone is 1. The maximum atomic E-state index is 11.3. The van der Waals surface area contributed by atoms with Crippen LogP contribution in [0.1, 0.15) is 66.9 Å². The molecule has 168 valence electrons. The average Bonchev–Trinajstić information content (AvgIpc) is 2.76. The first kappa shape index (κ1) is 21.8.